The van der Waals surface area contributed by atoms with Gasteiger partial charge in [-0.15, -0.1) is 0 Å². The molecule has 78 valence electrons. The Morgan fingerprint density at radius 2 is 1.50 bits per heavy atom. The molecule has 0 fully saturated rings. The van der Waals surface area contributed by atoms with E-state index in [1.807, 2.05) is 0 Å². The predicted molar refractivity (Wildman–Crippen MR) is 73.9 cm³/mol. The van der Waals surface area contributed by atoms with E-state index in [1.165, 1.54) is 31.6 Å². The van der Waals surface area contributed by atoms with Gasteiger partial charge in [-0.1, -0.05) is 48.5 Å². The van der Waals surface area contributed by atoms with Crippen LogP contribution < -0.4 is 0 Å². The lowest BCUT2D eigenvalue weighted by molar-refractivity contribution is 1.47. The second-order valence-corrected chi connectivity index (χ2v) is 4.87. The SMILES string of the molecule is Cc1ccc2c(ccc3ccccc32)c1Br. The molecule has 0 aliphatic heterocycles. The zero-order chi connectivity index (χ0) is 11.1. The second-order valence-electron chi connectivity index (χ2n) is 4.08. The fourth-order valence-electron chi connectivity index (χ4n) is 2.16. The summed E-state index contributed by atoms with van der Waals surface area (Å²) in [6.07, 6.45) is 0. The Hall–Kier alpha value is -1.34. The van der Waals surface area contributed by atoms with Gasteiger partial charge in [0.15, 0.2) is 0 Å². The molecular weight excluding hydrogens is 260 g/mol. The first-order chi connectivity index (χ1) is 7.77. The molecule has 0 unspecified atom stereocenters. The number of rotatable bonds is 0. The van der Waals surface area contributed by atoms with Crippen molar-refractivity contribution in [1.82, 2.24) is 0 Å². The van der Waals surface area contributed by atoms with Crippen LogP contribution in [0.15, 0.2) is 53.0 Å². The van der Waals surface area contributed by atoms with Crippen molar-refractivity contribution in [1.29, 1.82) is 0 Å². The Balaban J connectivity index is 2.58. The first-order valence-corrected chi connectivity index (χ1v) is 6.13. The molecule has 1 heteroatoms. The molecule has 0 N–H and O–H groups in total. The van der Waals surface area contributed by atoms with Crippen LogP contribution in [0.3, 0.4) is 0 Å². The molecule has 0 heterocycles. The third-order valence-electron chi connectivity index (χ3n) is 3.05. The Labute approximate surface area is 103 Å². The van der Waals surface area contributed by atoms with E-state index in [-0.39, 0.29) is 0 Å². The first kappa shape index (κ1) is 9.86. The molecule has 0 aliphatic carbocycles. The van der Waals surface area contributed by atoms with Crippen molar-refractivity contribution < 1.29 is 0 Å². The molecule has 0 nitrogen and oxygen atoms in total. The number of benzene rings is 3. The van der Waals surface area contributed by atoms with Crippen molar-refractivity contribution in [3.63, 3.8) is 0 Å². The van der Waals surface area contributed by atoms with Crippen LogP contribution in [0.25, 0.3) is 21.5 Å². The fraction of sp³-hybridized carbons (Fsp3) is 0.0667. The second kappa shape index (κ2) is 3.60. The highest BCUT2D eigenvalue weighted by Gasteiger charge is 2.04. The molecule has 0 bridgehead atoms. The summed E-state index contributed by atoms with van der Waals surface area (Å²) < 4.78 is 1.20. The van der Waals surface area contributed by atoms with Crippen LogP contribution in [-0.2, 0) is 0 Å². The van der Waals surface area contributed by atoms with Crippen molar-refractivity contribution in [3.05, 3.63) is 58.6 Å². The zero-order valence-corrected chi connectivity index (χ0v) is 10.6. The first-order valence-electron chi connectivity index (χ1n) is 5.34. The Bertz CT molecular complexity index is 683. The van der Waals surface area contributed by atoms with Crippen molar-refractivity contribution in [2.75, 3.05) is 0 Å². The molecular formula is C15H11Br. The van der Waals surface area contributed by atoms with E-state index in [0.29, 0.717) is 0 Å². The van der Waals surface area contributed by atoms with Crippen LogP contribution in [0.1, 0.15) is 5.56 Å². The Morgan fingerprint density at radius 3 is 2.38 bits per heavy atom. The van der Waals surface area contributed by atoms with Crippen LogP contribution >= 0.6 is 15.9 Å². The van der Waals surface area contributed by atoms with Crippen molar-refractivity contribution in [2.24, 2.45) is 0 Å². The van der Waals surface area contributed by atoms with Crippen LogP contribution in [0.5, 0.6) is 0 Å². The summed E-state index contributed by atoms with van der Waals surface area (Å²) in [7, 11) is 0. The van der Waals surface area contributed by atoms with Gasteiger partial charge in [-0.2, -0.15) is 0 Å². The lowest BCUT2D eigenvalue weighted by atomic mass is 10.0. The summed E-state index contributed by atoms with van der Waals surface area (Å²) >= 11 is 3.67. The third-order valence-corrected chi connectivity index (χ3v) is 4.11. The van der Waals surface area contributed by atoms with Gasteiger partial charge < -0.3 is 0 Å². The third kappa shape index (κ3) is 1.35. The summed E-state index contributed by atoms with van der Waals surface area (Å²) in [5, 5.41) is 5.22. The molecule has 0 radical (unpaired) electrons. The Morgan fingerprint density at radius 1 is 0.750 bits per heavy atom. The zero-order valence-electron chi connectivity index (χ0n) is 9.00. The molecule has 0 atom stereocenters. The van der Waals surface area contributed by atoms with Gasteiger partial charge in [0.25, 0.3) is 0 Å². The standard InChI is InChI=1S/C15H11Br/c1-10-6-8-13-12-5-3-2-4-11(12)7-9-14(13)15(10)16/h2-9H,1H3. The van der Waals surface area contributed by atoms with Gasteiger partial charge in [0.05, 0.1) is 0 Å². The summed E-state index contributed by atoms with van der Waals surface area (Å²) in [5.41, 5.74) is 1.28. The number of fused-ring (bicyclic) bond motifs is 3. The molecule has 0 amide bonds. The molecule has 3 rings (SSSR count). The smallest absolute Gasteiger partial charge is 0.0283 e. The summed E-state index contributed by atoms with van der Waals surface area (Å²) in [6.45, 7) is 2.12. The highest BCUT2D eigenvalue weighted by Crippen LogP contribution is 2.32. The topological polar surface area (TPSA) is 0 Å². The summed E-state index contributed by atoms with van der Waals surface area (Å²) in [4.78, 5) is 0. The average Bonchev–Trinajstić information content (AvgIpc) is 2.33. The molecule has 0 saturated heterocycles. The Kier molecular flexibility index (Phi) is 2.22. The van der Waals surface area contributed by atoms with Crippen LogP contribution in [0.4, 0.5) is 0 Å². The number of aryl methyl sites for hydroxylation is 1. The van der Waals surface area contributed by atoms with E-state index in [1.54, 1.807) is 0 Å². The van der Waals surface area contributed by atoms with Crippen molar-refractivity contribution >= 4 is 37.5 Å². The number of hydrogen-bond acceptors (Lipinski definition) is 0. The lowest BCUT2D eigenvalue weighted by Gasteiger charge is -2.07. The maximum atomic E-state index is 3.67. The normalized spacial score (nSPS) is 11.1. The monoisotopic (exact) mass is 270 g/mol. The highest BCUT2D eigenvalue weighted by atomic mass is 79.9. The van der Waals surface area contributed by atoms with Crippen molar-refractivity contribution in [2.45, 2.75) is 6.92 Å². The molecule has 3 aromatic rings. The van der Waals surface area contributed by atoms with Crippen LogP contribution in [0, 0.1) is 6.92 Å². The summed E-state index contributed by atoms with van der Waals surface area (Å²) in [5.74, 6) is 0. The minimum absolute atomic E-state index is 1.20. The van der Waals surface area contributed by atoms with Gasteiger partial charge in [-0.25, -0.2) is 0 Å². The summed E-state index contributed by atoms with van der Waals surface area (Å²) in [6, 6.07) is 17.3. The fourth-order valence-corrected chi connectivity index (χ4v) is 2.64. The molecule has 0 aliphatic rings. The van der Waals surface area contributed by atoms with E-state index in [2.05, 4.69) is 71.4 Å². The van der Waals surface area contributed by atoms with Gasteiger partial charge in [0.2, 0.25) is 0 Å². The van der Waals surface area contributed by atoms with Gasteiger partial charge in [-0.3, -0.25) is 0 Å². The van der Waals surface area contributed by atoms with Gasteiger partial charge >= 0.3 is 0 Å². The van der Waals surface area contributed by atoms with E-state index >= 15 is 0 Å². The number of halogens is 1. The van der Waals surface area contributed by atoms with Crippen LogP contribution in [0.2, 0.25) is 0 Å². The van der Waals surface area contributed by atoms with Gasteiger partial charge in [-0.05, 0) is 50.0 Å². The average molecular weight is 271 g/mol. The molecule has 3 aromatic carbocycles. The molecule has 16 heavy (non-hydrogen) atoms. The minimum Gasteiger partial charge on any atom is -0.0616 e. The van der Waals surface area contributed by atoms with Gasteiger partial charge in [0.1, 0.15) is 0 Å². The van der Waals surface area contributed by atoms with Gasteiger partial charge in [0, 0.05) is 4.47 Å². The predicted octanol–water partition coefficient (Wildman–Crippen LogP) is 5.06. The molecule has 0 aromatic heterocycles. The van der Waals surface area contributed by atoms with Crippen molar-refractivity contribution in [3.8, 4) is 0 Å². The van der Waals surface area contributed by atoms with E-state index in [9.17, 15) is 0 Å². The molecule has 0 spiro atoms. The van der Waals surface area contributed by atoms with Crippen LogP contribution in [-0.4, -0.2) is 0 Å². The van der Waals surface area contributed by atoms with E-state index in [4.69, 9.17) is 0 Å². The lowest BCUT2D eigenvalue weighted by Crippen LogP contribution is -1.81. The van der Waals surface area contributed by atoms with E-state index in [0.717, 1.165) is 0 Å². The maximum absolute atomic E-state index is 3.67. The number of hydrogen-bond donors (Lipinski definition) is 0. The minimum atomic E-state index is 1.20. The largest absolute Gasteiger partial charge is 0.0616 e. The highest BCUT2D eigenvalue weighted by molar-refractivity contribution is 9.10. The maximum Gasteiger partial charge on any atom is 0.0283 e. The quantitative estimate of drug-likeness (QED) is 0.501. The molecule has 0 saturated carbocycles. The van der Waals surface area contributed by atoms with E-state index < -0.39 is 0 Å².